The maximum Gasteiger partial charge on any atom is 0.305 e. The van der Waals surface area contributed by atoms with E-state index < -0.39 is 89.7 Å². The standard InChI is InChI=1S/2C17H17N3O6/c2*1-18-10-16(19(23)24)8-7-15(22)17(11-18,20(25)26)14(16)9-13(21)12-5-3-2-4-6-12/h2*2-8,14H,9-11H2,1H3/t2*14-,16+,17-/m10/s1. The van der Waals surface area contributed by atoms with E-state index in [0.717, 1.165) is 24.3 Å². The van der Waals surface area contributed by atoms with Crippen LogP contribution in [0.3, 0.4) is 0 Å². The van der Waals surface area contributed by atoms with Crippen LogP contribution >= 0.6 is 0 Å². The first-order valence-electron chi connectivity index (χ1n) is 16.1. The monoisotopic (exact) mass is 718 g/mol. The summed E-state index contributed by atoms with van der Waals surface area (Å²) in [5.41, 5.74) is -7.54. The zero-order valence-electron chi connectivity index (χ0n) is 28.1. The fourth-order valence-corrected chi connectivity index (χ4v) is 8.22. The molecule has 0 N–H and O–H groups in total. The molecule has 18 nitrogen and oxygen atoms in total. The maximum absolute atomic E-state index is 12.7. The number of rotatable bonds is 10. The number of carbonyl (C=O) groups is 4. The Morgan fingerprint density at radius 2 is 0.923 bits per heavy atom. The van der Waals surface area contributed by atoms with Crippen molar-refractivity contribution in [3.05, 3.63) is 137 Å². The van der Waals surface area contributed by atoms with Gasteiger partial charge in [0.2, 0.25) is 11.6 Å². The van der Waals surface area contributed by atoms with E-state index >= 15 is 0 Å². The van der Waals surface area contributed by atoms with Gasteiger partial charge in [-0.05, 0) is 38.4 Å². The summed E-state index contributed by atoms with van der Waals surface area (Å²) < 4.78 is 0. The first-order valence-corrected chi connectivity index (χ1v) is 16.1. The Hall–Kier alpha value is -5.88. The van der Waals surface area contributed by atoms with Gasteiger partial charge in [0.25, 0.3) is 11.1 Å². The minimum Gasteiger partial charge on any atom is -0.294 e. The number of nitrogens with zero attached hydrogens (tertiary/aromatic N) is 6. The fraction of sp³-hybridized carbons (Fsp3) is 0.412. The van der Waals surface area contributed by atoms with Gasteiger partial charge in [0.1, 0.15) is 11.8 Å². The molecule has 18 heteroatoms. The van der Waals surface area contributed by atoms with Gasteiger partial charge in [0.05, 0.1) is 26.2 Å². The average Bonchev–Trinajstić information content (AvgIpc) is 3.10. The summed E-state index contributed by atoms with van der Waals surface area (Å²) in [5.74, 6) is -5.25. The molecule has 2 aromatic carbocycles. The number of likely N-dealkylation sites (tertiary alicyclic amines) is 2. The van der Waals surface area contributed by atoms with E-state index in [4.69, 9.17) is 0 Å². The van der Waals surface area contributed by atoms with Gasteiger partial charge in [-0.25, -0.2) is 0 Å². The number of Topliss-reactive ketones (excluding diaryl/α,β-unsaturated/α-hetero) is 2. The lowest BCUT2D eigenvalue weighted by Gasteiger charge is -2.47. The fourth-order valence-electron chi connectivity index (χ4n) is 8.22. The van der Waals surface area contributed by atoms with Crippen molar-refractivity contribution in [2.24, 2.45) is 11.8 Å². The topological polar surface area (TPSA) is 247 Å². The van der Waals surface area contributed by atoms with Gasteiger partial charge in [0.15, 0.2) is 11.6 Å². The first kappa shape index (κ1) is 37.4. The molecule has 2 aliphatic carbocycles. The van der Waals surface area contributed by atoms with E-state index in [1.54, 1.807) is 60.7 Å². The second-order valence-corrected chi connectivity index (χ2v) is 13.7. The van der Waals surface area contributed by atoms with Gasteiger partial charge in [-0.15, -0.1) is 0 Å². The highest BCUT2D eigenvalue weighted by molar-refractivity contribution is 6.02. The summed E-state index contributed by atoms with van der Waals surface area (Å²) in [6, 6.07) is 16.2. The van der Waals surface area contributed by atoms with Gasteiger partial charge in [-0.2, -0.15) is 0 Å². The van der Waals surface area contributed by atoms with Crippen LogP contribution in [0.4, 0.5) is 0 Å². The van der Waals surface area contributed by atoms with E-state index in [0.29, 0.717) is 11.1 Å². The Bertz CT molecular complexity index is 1780. The third-order valence-electron chi connectivity index (χ3n) is 10.6. The summed E-state index contributed by atoms with van der Waals surface area (Å²) in [4.78, 5) is 98.2. The minimum atomic E-state index is -2.21. The first-order chi connectivity index (χ1) is 24.5. The summed E-state index contributed by atoms with van der Waals surface area (Å²) >= 11 is 0. The minimum absolute atomic E-state index is 0.105. The summed E-state index contributed by atoms with van der Waals surface area (Å²) in [5, 5.41) is 47.7. The quantitative estimate of drug-likeness (QED) is 0.194. The van der Waals surface area contributed by atoms with Crippen molar-refractivity contribution in [1.29, 1.82) is 0 Å². The van der Waals surface area contributed by atoms with Crippen LogP contribution in [0.25, 0.3) is 0 Å². The van der Waals surface area contributed by atoms with Crippen LogP contribution in [0.1, 0.15) is 33.6 Å². The van der Waals surface area contributed by atoms with Crippen LogP contribution in [0.5, 0.6) is 0 Å². The maximum atomic E-state index is 12.7. The van der Waals surface area contributed by atoms with Crippen LogP contribution in [0.15, 0.2) is 85.0 Å². The van der Waals surface area contributed by atoms with Crippen LogP contribution in [0.2, 0.25) is 0 Å². The predicted octanol–water partition coefficient (Wildman–Crippen LogP) is 1.98. The lowest BCUT2D eigenvalue weighted by molar-refractivity contribution is -0.623. The van der Waals surface area contributed by atoms with Gasteiger partial charge in [0, 0.05) is 43.7 Å². The SMILES string of the molecule is CN1C[C@@]2([N+](=O)[O-])C=CC(=O)[C@@]([N+](=O)[O-])(C1)[C@@H]2CC(=O)c1ccccc1.CN1C[C@]2([N+](=O)[O-])C=CC(=O)[C@]([N+](=O)[O-])(C1)[C@H]2CC(=O)c1ccccc1. The number of hydrogen-bond acceptors (Lipinski definition) is 14. The number of piperidine rings is 2. The van der Waals surface area contributed by atoms with Gasteiger partial charge < -0.3 is 0 Å². The Labute approximate surface area is 295 Å². The molecule has 2 heterocycles. The highest BCUT2D eigenvalue weighted by Crippen LogP contribution is 2.47. The van der Waals surface area contributed by atoms with Crippen molar-refractivity contribution >= 4 is 23.1 Å². The molecule has 4 aliphatic rings. The molecule has 2 fully saturated rings. The molecule has 0 aromatic heterocycles. The van der Waals surface area contributed by atoms with Crippen LogP contribution in [-0.4, -0.2) is 115 Å². The Morgan fingerprint density at radius 3 is 1.21 bits per heavy atom. The molecular weight excluding hydrogens is 684 g/mol. The lowest BCUT2D eigenvalue weighted by atomic mass is 9.60. The Kier molecular flexibility index (Phi) is 9.83. The highest BCUT2D eigenvalue weighted by Gasteiger charge is 2.75. The largest absolute Gasteiger partial charge is 0.305 e. The van der Waals surface area contributed by atoms with Crippen molar-refractivity contribution < 1.29 is 38.9 Å². The number of fused-ring (bicyclic) bond motifs is 4. The molecular formula is C34H34N6O12. The van der Waals surface area contributed by atoms with Crippen LogP contribution < -0.4 is 0 Å². The molecule has 2 aromatic rings. The number of ketones is 4. The third kappa shape index (κ3) is 5.88. The molecule has 2 saturated heterocycles. The lowest BCUT2D eigenvalue weighted by Crippen LogP contribution is -2.74. The predicted molar refractivity (Wildman–Crippen MR) is 180 cm³/mol. The average molecular weight is 719 g/mol. The molecule has 0 spiro atoms. The van der Waals surface area contributed by atoms with Gasteiger partial charge >= 0.3 is 11.1 Å². The van der Waals surface area contributed by atoms with E-state index in [1.807, 2.05) is 0 Å². The third-order valence-corrected chi connectivity index (χ3v) is 10.6. The van der Waals surface area contributed by atoms with E-state index in [2.05, 4.69) is 0 Å². The summed E-state index contributed by atoms with van der Waals surface area (Å²) in [7, 11) is 3.00. The van der Waals surface area contributed by atoms with Crippen molar-refractivity contribution in [1.82, 2.24) is 9.80 Å². The number of benzene rings is 2. The molecule has 4 bridgehead atoms. The molecule has 52 heavy (non-hydrogen) atoms. The van der Waals surface area contributed by atoms with E-state index in [9.17, 15) is 59.6 Å². The molecule has 0 radical (unpaired) electrons. The number of likely N-dealkylation sites (N-methyl/N-ethyl adjacent to an activating group) is 2. The van der Waals surface area contributed by atoms with Gasteiger partial charge in [-0.1, -0.05) is 60.7 Å². The molecule has 0 amide bonds. The Morgan fingerprint density at radius 1 is 0.596 bits per heavy atom. The van der Waals surface area contributed by atoms with Crippen LogP contribution in [-0.2, 0) is 9.59 Å². The molecule has 0 saturated carbocycles. The second-order valence-electron chi connectivity index (χ2n) is 13.7. The van der Waals surface area contributed by atoms with Gasteiger partial charge in [-0.3, -0.25) is 69.4 Å². The number of carbonyl (C=O) groups excluding carboxylic acids is 4. The van der Waals surface area contributed by atoms with Crippen molar-refractivity contribution in [3.8, 4) is 0 Å². The molecule has 6 rings (SSSR count). The smallest absolute Gasteiger partial charge is 0.294 e. The Balaban J connectivity index is 0.000000201. The highest BCUT2D eigenvalue weighted by atomic mass is 16.6. The summed E-state index contributed by atoms with van der Waals surface area (Å²) in [6.07, 6.45) is 3.21. The molecule has 272 valence electrons. The zero-order valence-corrected chi connectivity index (χ0v) is 28.1. The van der Waals surface area contributed by atoms with Crippen molar-refractivity contribution in [2.75, 3.05) is 40.3 Å². The van der Waals surface area contributed by atoms with Crippen molar-refractivity contribution in [3.63, 3.8) is 0 Å². The molecule has 2 aliphatic heterocycles. The van der Waals surface area contributed by atoms with E-state index in [-0.39, 0.29) is 26.2 Å². The second kappa shape index (κ2) is 13.7. The van der Waals surface area contributed by atoms with Crippen LogP contribution in [0, 0.1) is 52.3 Å². The zero-order chi connectivity index (χ0) is 38.2. The molecule has 6 atom stereocenters. The number of nitro groups is 4. The number of hydrogen-bond donors (Lipinski definition) is 0. The summed E-state index contributed by atoms with van der Waals surface area (Å²) in [6.45, 7) is -0.755. The van der Waals surface area contributed by atoms with E-state index in [1.165, 1.54) is 23.9 Å². The molecule has 0 unspecified atom stereocenters. The van der Waals surface area contributed by atoms with Crippen molar-refractivity contribution in [2.45, 2.75) is 35.0 Å². The normalized spacial score (nSPS) is 30.8.